The summed E-state index contributed by atoms with van der Waals surface area (Å²) in [5.41, 5.74) is -7.62. The van der Waals surface area contributed by atoms with Crippen molar-refractivity contribution in [2.24, 2.45) is 0 Å². The smallest absolute Gasteiger partial charge is 0.411 e. The molecular weight excluding hydrogens is 374 g/mol. The van der Waals surface area contributed by atoms with Gasteiger partial charge in [0.2, 0.25) is 5.41 Å². The van der Waals surface area contributed by atoms with E-state index in [2.05, 4.69) is 0 Å². The molecule has 0 aliphatic heterocycles. The zero-order chi connectivity index (χ0) is 20.9. The Hall–Kier alpha value is -2.38. The van der Waals surface area contributed by atoms with Gasteiger partial charge in [0.05, 0.1) is 0 Å². The highest BCUT2D eigenvalue weighted by molar-refractivity contribution is 5.58. The van der Waals surface area contributed by atoms with Crippen molar-refractivity contribution in [3.05, 3.63) is 57.6 Å². The predicted molar refractivity (Wildman–Crippen MR) is 88.1 cm³/mol. The Morgan fingerprint density at radius 2 is 0.778 bits per heavy atom. The van der Waals surface area contributed by atoms with Crippen molar-refractivity contribution in [3.8, 4) is 11.5 Å². The van der Waals surface area contributed by atoms with Crippen molar-refractivity contribution in [1.82, 2.24) is 0 Å². The lowest BCUT2D eigenvalue weighted by molar-refractivity contribution is -0.289. The summed E-state index contributed by atoms with van der Waals surface area (Å²) >= 11 is 0. The summed E-state index contributed by atoms with van der Waals surface area (Å²) in [7, 11) is 0. The van der Waals surface area contributed by atoms with Gasteiger partial charge in [-0.3, -0.25) is 0 Å². The van der Waals surface area contributed by atoms with Gasteiger partial charge in [-0.1, -0.05) is 0 Å². The Morgan fingerprint density at radius 3 is 0.963 bits per heavy atom. The molecule has 27 heavy (non-hydrogen) atoms. The van der Waals surface area contributed by atoms with Crippen molar-refractivity contribution in [2.45, 2.75) is 45.5 Å². The van der Waals surface area contributed by atoms with E-state index in [9.17, 15) is 36.6 Å². The Labute approximate surface area is 152 Å². The van der Waals surface area contributed by atoms with Crippen molar-refractivity contribution in [1.29, 1.82) is 0 Å². The highest BCUT2D eigenvalue weighted by Crippen LogP contribution is 2.59. The summed E-state index contributed by atoms with van der Waals surface area (Å²) < 4.78 is 85.9. The van der Waals surface area contributed by atoms with Gasteiger partial charge < -0.3 is 10.2 Å². The fraction of sp³-hybridized carbons (Fsp3) is 0.368. The number of phenols is 2. The van der Waals surface area contributed by atoms with Gasteiger partial charge in [-0.05, 0) is 85.3 Å². The molecule has 0 aromatic heterocycles. The lowest BCUT2D eigenvalue weighted by atomic mass is 9.67. The predicted octanol–water partition coefficient (Wildman–Crippen LogP) is 5.74. The molecular formula is C19H18F6O2. The second kappa shape index (κ2) is 6.35. The molecule has 0 amide bonds. The number of rotatable bonds is 2. The fourth-order valence-corrected chi connectivity index (χ4v) is 3.92. The van der Waals surface area contributed by atoms with Gasteiger partial charge in [0, 0.05) is 0 Å². The van der Waals surface area contributed by atoms with Crippen molar-refractivity contribution in [3.63, 3.8) is 0 Å². The van der Waals surface area contributed by atoms with E-state index >= 15 is 0 Å². The van der Waals surface area contributed by atoms with Gasteiger partial charge >= 0.3 is 12.4 Å². The van der Waals surface area contributed by atoms with Crippen LogP contribution in [0.3, 0.4) is 0 Å². The third-order valence-electron chi connectivity index (χ3n) is 4.64. The second-order valence-corrected chi connectivity index (χ2v) is 6.65. The SMILES string of the molecule is Cc1cc(O)cc(C)c1C(c1c(C)cc(O)cc1C)(C(F)(F)F)C(F)(F)F. The maximum atomic E-state index is 14.3. The monoisotopic (exact) mass is 392 g/mol. The molecule has 0 radical (unpaired) electrons. The zero-order valence-electron chi connectivity index (χ0n) is 15.0. The molecule has 0 heterocycles. The van der Waals surface area contributed by atoms with Crippen LogP contribution in [0.5, 0.6) is 11.5 Å². The van der Waals surface area contributed by atoms with E-state index < -0.39 is 40.4 Å². The molecule has 2 N–H and O–H groups in total. The van der Waals surface area contributed by atoms with Crippen LogP contribution in [-0.4, -0.2) is 22.6 Å². The number of hydrogen-bond donors (Lipinski definition) is 2. The highest BCUT2D eigenvalue weighted by atomic mass is 19.4. The lowest BCUT2D eigenvalue weighted by Crippen LogP contribution is -2.56. The first-order chi connectivity index (χ1) is 12.1. The summed E-state index contributed by atoms with van der Waals surface area (Å²) in [5, 5.41) is 19.2. The number of benzene rings is 2. The van der Waals surface area contributed by atoms with Crippen LogP contribution in [0.25, 0.3) is 0 Å². The Balaban J connectivity index is 3.19. The molecule has 8 heteroatoms. The number of aromatic hydroxyl groups is 2. The first kappa shape index (κ1) is 20.9. The third-order valence-corrected chi connectivity index (χ3v) is 4.64. The molecule has 0 aliphatic rings. The average molecular weight is 392 g/mol. The van der Waals surface area contributed by atoms with Crippen LogP contribution < -0.4 is 0 Å². The fourth-order valence-electron chi connectivity index (χ4n) is 3.92. The van der Waals surface area contributed by atoms with Gasteiger partial charge in [0.15, 0.2) is 0 Å². The molecule has 0 bridgehead atoms. The molecule has 0 saturated carbocycles. The minimum Gasteiger partial charge on any atom is -0.508 e. The Bertz CT molecular complexity index is 761. The van der Waals surface area contributed by atoms with E-state index in [0.717, 1.165) is 52.0 Å². The topological polar surface area (TPSA) is 40.5 Å². The highest BCUT2D eigenvalue weighted by Gasteiger charge is 2.74. The molecule has 2 nitrogen and oxygen atoms in total. The quantitative estimate of drug-likeness (QED) is 0.640. The second-order valence-electron chi connectivity index (χ2n) is 6.65. The van der Waals surface area contributed by atoms with Crippen LogP contribution in [0.1, 0.15) is 33.4 Å². The molecule has 2 rings (SSSR count). The van der Waals surface area contributed by atoms with E-state index in [-0.39, 0.29) is 22.3 Å². The van der Waals surface area contributed by atoms with Crippen LogP contribution in [-0.2, 0) is 5.41 Å². The van der Waals surface area contributed by atoms with Gasteiger partial charge in [-0.25, -0.2) is 0 Å². The van der Waals surface area contributed by atoms with Crippen molar-refractivity contribution < 1.29 is 36.6 Å². The Kier molecular flexibility index (Phi) is 4.92. The third kappa shape index (κ3) is 3.11. The standard InChI is InChI=1S/C19H18F6O2/c1-9-5-13(26)6-10(2)15(9)17(18(20,21)22,19(23,24)25)16-11(3)7-14(27)8-12(16)4/h5-8,26-27H,1-4H3. The molecule has 148 valence electrons. The van der Waals surface area contributed by atoms with Crippen molar-refractivity contribution in [2.75, 3.05) is 0 Å². The van der Waals surface area contributed by atoms with Gasteiger partial charge in [-0.2, -0.15) is 26.3 Å². The molecule has 0 fully saturated rings. The molecule has 0 aliphatic carbocycles. The first-order valence-electron chi connectivity index (χ1n) is 7.89. The molecule has 0 saturated heterocycles. The summed E-state index contributed by atoms with van der Waals surface area (Å²) in [4.78, 5) is 0. The van der Waals surface area contributed by atoms with E-state index in [1.165, 1.54) is 0 Å². The molecule has 0 atom stereocenters. The minimum atomic E-state index is -5.73. The molecule has 0 spiro atoms. The molecule has 2 aromatic carbocycles. The average Bonchev–Trinajstić information content (AvgIpc) is 2.40. The number of aryl methyl sites for hydroxylation is 4. The summed E-state index contributed by atoms with van der Waals surface area (Å²) in [6.07, 6.45) is -11.5. The summed E-state index contributed by atoms with van der Waals surface area (Å²) in [6.45, 7) is 4.39. The molecule has 2 aromatic rings. The maximum absolute atomic E-state index is 14.3. The number of halogens is 6. The number of alkyl halides is 6. The summed E-state index contributed by atoms with van der Waals surface area (Å²) in [6, 6.07) is 3.50. The van der Waals surface area contributed by atoms with E-state index in [0.29, 0.717) is 0 Å². The molecule has 0 unspecified atom stereocenters. The number of phenolic OH excluding ortho intramolecular Hbond substituents is 2. The van der Waals surface area contributed by atoms with Crippen molar-refractivity contribution >= 4 is 0 Å². The van der Waals surface area contributed by atoms with E-state index in [1.54, 1.807) is 0 Å². The lowest BCUT2D eigenvalue weighted by Gasteiger charge is -2.41. The first-order valence-corrected chi connectivity index (χ1v) is 7.89. The van der Waals surface area contributed by atoms with Crippen LogP contribution in [0.4, 0.5) is 26.3 Å². The van der Waals surface area contributed by atoms with Gasteiger partial charge in [-0.15, -0.1) is 0 Å². The van der Waals surface area contributed by atoms with E-state index in [4.69, 9.17) is 0 Å². The van der Waals surface area contributed by atoms with Crippen LogP contribution in [0.2, 0.25) is 0 Å². The van der Waals surface area contributed by atoms with Crippen LogP contribution >= 0.6 is 0 Å². The van der Waals surface area contributed by atoms with E-state index in [1.807, 2.05) is 0 Å². The Morgan fingerprint density at radius 1 is 0.556 bits per heavy atom. The minimum absolute atomic E-state index is 0.339. The normalized spacial score (nSPS) is 13.1. The van der Waals surface area contributed by atoms with Crippen LogP contribution in [0.15, 0.2) is 24.3 Å². The van der Waals surface area contributed by atoms with Gasteiger partial charge in [0.1, 0.15) is 11.5 Å². The van der Waals surface area contributed by atoms with Gasteiger partial charge in [0.25, 0.3) is 0 Å². The number of hydrogen-bond acceptors (Lipinski definition) is 2. The zero-order valence-corrected chi connectivity index (χ0v) is 15.0. The van der Waals surface area contributed by atoms with Crippen LogP contribution in [0, 0.1) is 27.7 Å². The largest absolute Gasteiger partial charge is 0.508 e. The maximum Gasteiger partial charge on any atom is 0.411 e. The summed E-state index contributed by atoms with van der Waals surface area (Å²) in [5.74, 6) is -0.850.